The summed E-state index contributed by atoms with van der Waals surface area (Å²) < 4.78 is 20.2. The molecule has 8 nitrogen and oxygen atoms in total. The van der Waals surface area contributed by atoms with E-state index < -0.39 is 5.97 Å². The third kappa shape index (κ3) is 4.75. The number of carbonyl (C=O) groups excluding carboxylic acids is 3. The summed E-state index contributed by atoms with van der Waals surface area (Å²) in [7, 11) is 1.35. The predicted octanol–water partition coefficient (Wildman–Crippen LogP) is 2.04. The summed E-state index contributed by atoms with van der Waals surface area (Å²) in [6.45, 7) is 0.612. The number of halogens is 1. The van der Waals surface area contributed by atoms with E-state index in [0.29, 0.717) is 48.0 Å². The fourth-order valence-electron chi connectivity index (χ4n) is 3.05. The molecule has 2 aliphatic rings. The van der Waals surface area contributed by atoms with Gasteiger partial charge in [0, 0.05) is 19.2 Å². The molecule has 1 fully saturated rings. The van der Waals surface area contributed by atoms with Crippen LogP contribution >= 0.6 is 11.6 Å². The number of hydrogen-bond donors (Lipinski definition) is 0. The monoisotopic (exact) mass is 409 g/mol. The van der Waals surface area contributed by atoms with Crippen molar-refractivity contribution in [3.8, 4) is 11.5 Å². The van der Waals surface area contributed by atoms with E-state index in [0.717, 1.165) is 0 Å². The van der Waals surface area contributed by atoms with Crippen LogP contribution in [0.15, 0.2) is 18.2 Å². The smallest absolute Gasteiger partial charge is 0.331 e. The summed E-state index contributed by atoms with van der Waals surface area (Å²) in [4.78, 5) is 37.1. The van der Waals surface area contributed by atoms with Crippen molar-refractivity contribution in [3.63, 3.8) is 0 Å². The van der Waals surface area contributed by atoms with E-state index >= 15 is 0 Å². The van der Waals surface area contributed by atoms with E-state index in [-0.39, 0.29) is 31.2 Å². The van der Waals surface area contributed by atoms with Crippen LogP contribution in [0.3, 0.4) is 0 Å². The summed E-state index contributed by atoms with van der Waals surface area (Å²) in [6, 6.07) is 3.32. The first-order chi connectivity index (χ1) is 13.5. The van der Waals surface area contributed by atoms with Crippen LogP contribution in [0.25, 0.3) is 6.08 Å². The zero-order valence-electron chi connectivity index (χ0n) is 15.3. The van der Waals surface area contributed by atoms with Crippen LogP contribution in [0.2, 0.25) is 5.02 Å². The number of esters is 2. The van der Waals surface area contributed by atoms with Crippen molar-refractivity contribution in [2.24, 2.45) is 5.92 Å². The molecule has 0 atom stereocenters. The molecule has 0 saturated carbocycles. The Hall–Kier alpha value is -2.74. The van der Waals surface area contributed by atoms with E-state index in [9.17, 15) is 14.4 Å². The van der Waals surface area contributed by atoms with Crippen molar-refractivity contribution in [2.45, 2.75) is 12.8 Å². The highest BCUT2D eigenvalue weighted by Gasteiger charge is 2.28. The minimum absolute atomic E-state index is 0.100. The number of amides is 1. The van der Waals surface area contributed by atoms with Crippen LogP contribution in [0.5, 0.6) is 11.5 Å². The van der Waals surface area contributed by atoms with Gasteiger partial charge in [-0.15, -0.1) is 0 Å². The van der Waals surface area contributed by atoms with Crippen LogP contribution in [-0.4, -0.2) is 56.3 Å². The summed E-state index contributed by atoms with van der Waals surface area (Å²) >= 11 is 6.08. The zero-order chi connectivity index (χ0) is 20.1. The number of benzene rings is 1. The third-order valence-electron chi connectivity index (χ3n) is 4.58. The number of likely N-dealkylation sites (tertiary alicyclic amines) is 1. The predicted molar refractivity (Wildman–Crippen MR) is 98.9 cm³/mol. The molecule has 150 valence electrons. The molecule has 1 aromatic carbocycles. The van der Waals surface area contributed by atoms with Gasteiger partial charge in [-0.1, -0.05) is 11.6 Å². The molecule has 2 aliphatic heterocycles. The van der Waals surface area contributed by atoms with E-state index in [4.69, 9.17) is 30.5 Å². The number of ether oxygens (including phenoxy) is 4. The molecule has 0 N–H and O–H groups in total. The molecule has 2 heterocycles. The van der Waals surface area contributed by atoms with Gasteiger partial charge in [-0.25, -0.2) is 4.79 Å². The Bertz CT molecular complexity index is 800. The molecule has 0 aromatic heterocycles. The van der Waals surface area contributed by atoms with Crippen molar-refractivity contribution < 1.29 is 33.3 Å². The summed E-state index contributed by atoms with van der Waals surface area (Å²) in [6.07, 6.45) is 3.81. The average Bonchev–Trinajstić information content (AvgIpc) is 3.19. The maximum absolute atomic E-state index is 12.2. The van der Waals surface area contributed by atoms with Crippen LogP contribution in [0, 0.1) is 5.92 Å². The largest absolute Gasteiger partial charge is 0.469 e. The first-order valence-electron chi connectivity index (χ1n) is 8.77. The minimum atomic E-state index is -0.647. The first kappa shape index (κ1) is 20.0. The van der Waals surface area contributed by atoms with Gasteiger partial charge >= 0.3 is 11.9 Å². The second-order valence-corrected chi connectivity index (χ2v) is 6.76. The number of carbonyl (C=O) groups is 3. The highest BCUT2D eigenvalue weighted by Crippen LogP contribution is 2.40. The van der Waals surface area contributed by atoms with E-state index in [1.807, 2.05) is 0 Å². The van der Waals surface area contributed by atoms with Gasteiger partial charge in [0.2, 0.25) is 6.79 Å². The molecule has 3 rings (SSSR count). The van der Waals surface area contributed by atoms with Gasteiger partial charge in [-0.3, -0.25) is 9.59 Å². The number of hydrogen-bond acceptors (Lipinski definition) is 7. The van der Waals surface area contributed by atoms with Gasteiger partial charge in [0.25, 0.3) is 5.91 Å². The Morgan fingerprint density at radius 1 is 1.25 bits per heavy atom. The third-order valence-corrected chi connectivity index (χ3v) is 4.86. The molecule has 9 heteroatoms. The topological polar surface area (TPSA) is 91.4 Å². The Morgan fingerprint density at radius 2 is 2.00 bits per heavy atom. The number of rotatable bonds is 5. The highest BCUT2D eigenvalue weighted by molar-refractivity contribution is 6.32. The molecule has 0 unspecified atom stereocenters. The zero-order valence-corrected chi connectivity index (χ0v) is 16.1. The van der Waals surface area contributed by atoms with Crippen LogP contribution < -0.4 is 9.47 Å². The highest BCUT2D eigenvalue weighted by atomic mass is 35.5. The van der Waals surface area contributed by atoms with Gasteiger partial charge in [-0.05, 0) is 36.6 Å². The number of piperidine rings is 1. The van der Waals surface area contributed by atoms with Gasteiger partial charge in [0.05, 0.1) is 18.1 Å². The number of methoxy groups -OCH3 is 1. The Morgan fingerprint density at radius 3 is 2.71 bits per heavy atom. The molecule has 28 heavy (non-hydrogen) atoms. The van der Waals surface area contributed by atoms with Crippen molar-refractivity contribution >= 4 is 35.5 Å². The SMILES string of the molecule is COC(=O)C1CCN(C(=O)COC(=O)/C=C/c2cc(Cl)c3c(c2)OCO3)CC1. The normalized spacial score (nSPS) is 16.3. The summed E-state index contributed by atoms with van der Waals surface area (Å²) in [5.41, 5.74) is 0.641. The van der Waals surface area contributed by atoms with E-state index in [1.165, 1.54) is 19.3 Å². The quantitative estimate of drug-likeness (QED) is 0.542. The maximum Gasteiger partial charge on any atom is 0.331 e. The summed E-state index contributed by atoms with van der Waals surface area (Å²) in [5, 5.41) is 0.383. The van der Waals surface area contributed by atoms with Gasteiger partial charge < -0.3 is 23.8 Å². The molecule has 0 aliphatic carbocycles. The van der Waals surface area contributed by atoms with Crippen LogP contribution in [0.1, 0.15) is 18.4 Å². The fourth-order valence-corrected chi connectivity index (χ4v) is 3.33. The van der Waals surface area contributed by atoms with Crippen molar-refractivity contribution in [2.75, 3.05) is 33.6 Å². The maximum atomic E-state index is 12.2. The molecule has 1 aromatic rings. The van der Waals surface area contributed by atoms with Crippen molar-refractivity contribution in [1.82, 2.24) is 4.90 Å². The Balaban J connectivity index is 1.46. The number of fused-ring (bicyclic) bond motifs is 1. The van der Waals surface area contributed by atoms with E-state index in [1.54, 1.807) is 17.0 Å². The van der Waals surface area contributed by atoms with Crippen molar-refractivity contribution in [1.29, 1.82) is 0 Å². The van der Waals surface area contributed by atoms with Crippen molar-refractivity contribution in [3.05, 3.63) is 28.8 Å². The fraction of sp³-hybridized carbons (Fsp3) is 0.421. The lowest BCUT2D eigenvalue weighted by atomic mass is 9.97. The second kappa shape index (κ2) is 8.97. The van der Waals surface area contributed by atoms with Gasteiger partial charge in [-0.2, -0.15) is 0 Å². The molecule has 0 spiro atoms. The standard InChI is InChI=1S/C19H20ClNO7/c1-25-19(24)13-4-6-21(7-5-13)16(22)10-26-17(23)3-2-12-8-14(20)18-15(9-12)27-11-28-18/h2-3,8-9,13H,4-7,10-11H2,1H3/b3-2+. The molecule has 1 saturated heterocycles. The molecule has 0 radical (unpaired) electrons. The van der Waals surface area contributed by atoms with Crippen LogP contribution in [-0.2, 0) is 23.9 Å². The second-order valence-electron chi connectivity index (χ2n) is 6.36. The number of nitrogens with zero attached hydrogens (tertiary/aromatic N) is 1. The lowest BCUT2D eigenvalue weighted by molar-refractivity contribution is -0.151. The first-order valence-corrected chi connectivity index (χ1v) is 9.15. The Labute approximate surface area is 166 Å². The van der Waals surface area contributed by atoms with Gasteiger partial charge in [0.15, 0.2) is 18.1 Å². The average molecular weight is 410 g/mol. The van der Waals surface area contributed by atoms with Gasteiger partial charge in [0.1, 0.15) is 0 Å². The lowest BCUT2D eigenvalue weighted by Crippen LogP contribution is -2.42. The lowest BCUT2D eigenvalue weighted by Gasteiger charge is -2.30. The molecular formula is C19H20ClNO7. The Kier molecular flexibility index (Phi) is 6.41. The van der Waals surface area contributed by atoms with Crippen LogP contribution in [0.4, 0.5) is 0 Å². The molecule has 0 bridgehead atoms. The summed E-state index contributed by atoms with van der Waals surface area (Å²) in [5.74, 6) is -0.405. The molecular weight excluding hydrogens is 390 g/mol. The van der Waals surface area contributed by atoms with E-state index in [2.05, 4.69) is 0 Å². The minimum Gasteiger partial charge on any atom is -0.469 e. The molecule has 1 amide bonds.